The van der Waals surface area contributed by atoms with Gasteiger partial charge in [0.25, 0.3) is 5.91 Å². The number of hydrogen-bond donors (Lipinski definition) is 1. The highest BCUT2D eigenvalue weighted by Gasteiger charge is 2.35. The molecule has 1 saturated carbocycles. The van der Waals surface area contributed by atoms with Crippen LogP contribution in [-0.2, 0) is 10.0 Å². The van der Waals surface area contributed by atoms with Crippen LogP contribution in [0.3, 0.4) is 0 Å². The SMILES string of the molecule is CC1CC1CN(C)C(=O)c1c(F)ccc(S(N)(=O)=O)c1F. The molecule has 0 spiro atoms. The number of carbonyl (C=O) groups excluding carboxylic acids is 1. The molecule has 1 fully saturated rings. The summed E-state index contributed by atoms with van der Waals surface area (Å²) in [6, 6.07) is 1.43. The van der Waals surface area contributed by atoms with Crippen molar-refractivity contribution in [2.24, 2.45) is 17.0 Å². The summed E-state index contributed by atoms with van der Waals surface area (Å²) in [5.74, 6) is -2.66. The molecule has 1 aromatic carbocycles. The largest absolute Gasteiger partial charge is 0.341 e. The Kier molecular flexibility index (Phi) is 4.03. The summed E-state index contributed by atoms with van der Waals surface area (Å²) in [7, 11) is -2.94. The van der Waals surface area contributed by atoms with Crippen LogP contribution in [0.25, 0.3) is 0 Å². The van der Waals surface area contributed by atoms with Crippen molar-refractivity contribution in [3.63, 3.8) is 0 Å². The number of primary sulfonamides is 1. The third-order valence-corrected chi connectivity index (χ3v) is 4.64. The Bertz CT molecular complexity index is 691. The van der Waals surface area contributed by atoms with Gasteiger partial charge in [-0.05, 0) is 30.4 Å². The molecular formula is C13H16F2N2O3S. The Morgan fingerprint density at radius 2 is 2.00 bits per heavy atom. The van der Waals surface area contributed by atoms with Crippen molar-refractivity contribution in [1.82, 2.24) is 4.90 Å². The Hall–Kier alpha value is -1.54. The van der Waals surface area contributed by atoms with Crippen LogP contribution in [0.15, 0.2) is 17.0 Å². The van der Waals surface area contributed by atoms with Gasteiger partial charge < -0.3 is 4.90 Å². The zero-order valence-corrected chi connectivity index (χ0v) is 12.5. The fraction of sp³-hybridized carbons (Fsp3) is 0.462. The van der Waals surface area contributed by atoms with Crippen LogP contribution < -0.4 is 5.14 Å². The van der Waals surface area contributed by atoms with Gasteiger partial charge in [-0.3, -0.25) is 4.79 Å². The lowest BCUT2D eigenvalue weighted by molar-refractivity contribution is 0.0776. The molecule has 5 nitrogen and oxygen atoms in total. The first-order valence-electron chi connectivity index (χ1n) is 6.39. The van der Waals surface area contributed by atoms with Gasteiger partial charge in [-0.15, -0.1) is 0 Å². The summed E-state index contributed by atoms with van der Waals surface area (Å²) in [6.45, 7) is 2.39. The highest BCUT2D eigenvalue weighted by atomic mass is 32.2. The molecule has 0 aliphatic heterocycles. The van der Waals surface area contributed by atoms with E-state index in [1.54, 1.807) is 0 Å². The third-order valence-electron chi connectivity index (χ3n) is 3.71. The van der Waals surface area contributed by atoms with Crippen LogP contribution in [0, 0.1) is 23.5 Å². The molecule has 2 N–H and O–H groups in total. The van der Waals surface area contributed by atoms with Gasteiger partial charge in [-0.2, -0.15) is 0 Å². The Morgan fingerprint density at radius 3 is 2.48 bits per heavy atom. The predicted octanol–water partition coefficient (Wildman–Crippen LogP) is 1.34. The summed E-state index contributed by atoms with van der Waals surface area (Å²) in [4.78, 5) is 12.5. The molecule has 0 heterocycles. The van der Waals surface area contributed by atoms with Crippen LogP contribution in [0.5, 0.6) is 0 Å². The van der Waals surface area contributed by atoms with Gasteiger partial charge in [0.15, 0.2) is 5.82 Å². The molecule has 1 aliphatic rings. The minimum atomic E-state index is -4.36. The highest BCUT2D eigenvalue weighted by Crippen LogP contribution is 2.38. The topological polar surface area (TPSA) is 80.5 Å². The molecule has 2 rings (SSSR count). The van der Waals surface area contributed by atoms with Crippen LogP contribution in [0.1, 0.15) is 23.7 Å². The zero-order chi connectivity index (χ0) is 15.9. The summed E-state index contributed by atoms with van der Waals surface area (Å²) in [5.41, 5.74) is -0.891. The van der Waals surface area contributed by atoms with Crippen molar-refractivity contribution in [2.75, 3.05) is 13.6 Å². The maximum atomic E-state index is 14.1. The van der Waals surface area contributed by atoms with Crippen molar-refractivity contribution in [1.29, 1.82) is 0 Å². The van der Waals surface area contributed by atoms with E-state index in [0.717, 1.165) is 12.5 Å². The second-order valence-corrected chi connectivity index (χ2v) is 6.97. The van der Waals surface area contributed by atoms with Crippen molar-refractivity contribution in [3.8, 4) is 0 Å². The molecule has 0 saturated heterocycles. The molecule has 0 aromatic heterocycles. The van der Waals surface area contributed by atoms with Gasteiger partial charge in [0.2, 0.25) is 10.0 Å². The Morgan fingerprint density at radius 1 is 1.43 bits per heavy atom. The first kappa shape index (κ1) is 15.8. The smallest absolute Gasteiger partial charge is 0.259 e. The van der Waals surface area contributed by atoms with Crippen LogP contribution in [0.4, 0.5) is 8.78 Å². The van der Waals surface area contributed by atoms with E-state index in [-0.39, 0.29) is 0 Å². The standard InChI is InChI=1S/C13H16F2N2O3S/c1-7-5-8(7)6-17(2)13(18)11-9(14)3-4-10(12(11)15)21(16,19)20/h3-4,7-8H,5-6H2,1-2H3,(H2,16,19,20). The first-order chi connectivity index (χ1) is 9.62. The molecule has 0 radical (unpaired) electrons. The van der Waals surface area contributed by atoms with Crippen molar-refractivity contribution in [2.45, 2.75) is 18.2 Å². The Balaban J connectivity index is 2.36. The van der Waals surface area contributed by atoms with Crippen molar-refractivity contribution >= 4 is 15.9 Å². The molecule has 8 heteroatoms. The minimum absolute atomic E-state index is 0.312. The number of hydrogen-bond acceptors (Lipinski definition) is 3. The number of nitrogens with zero attached hydrogens (tertiary/aromatic N) is 1. The number of carbonyl (C=O) groups is 1. The van der Waals surface area contributed by atoms with E-state index in [9.17, 15) is 22.0 Å². The lowest BCUT2D eigenvalue weighted by Gasteiger charge is -2.18. The van der Waals surface area contributed by atoms with Gasteiger partial charge in [0.05, 0.1) is 0 Å². The summed E-state index contributed by atoms with van der Waals surface area (Å²) >= 11 is 0. The fourth-order valence-electron chi connectivity index (χ4n) is 2.23. The molecule has 1 amide bonds. The maximum Gasteiger partial charge on any atom is 0.259 e. The number of sulfonamides is 1. The monoisotopic (exact) mass is 318 g/mol. The van der Waals surface area contributed by atoms with E-state index in [0.29, 0.717) is 24.4 Å². The molecule has 116 valence electrons. The normalized spacial score (nSPS) is 21.2. The van der Waals surface area contributed by atoms with Crippen molar-refractivity contribution < 1.29 is 22.0 Å². The number of amides is 1. The average Bonchev–Trinajstić information content (AvgIpc) is 3.02. The molecule has 0 bridgehead atoms. The van der Waals surface area contributed by atoms with Crippen LogP contribution in [-0.4, -0.2) is 32.8 Å². The summed E-state index contributed by atoms with van der Waals surface area (Å²) in [5, 5.41) is 4.85. The van der Waals surface area contributed by atoms with Crippen LogP contribution in [0.2, 0.25) is 0 Å². The second-order valence-electron chi connectivity index (χ2n) is 5.44. The van der Waals surface area contributed by atoms with E-state index < -0.39 is 38.0 Å². The minimum Gasteiger partial charge on any atom is -0.341 e. The third kappa shape index (κ3) is 3.21. The van der Waals surface area contributed by atoms with Gasteiger partial charge >= 0.3 is 0 Å². The fourth-order valence-corrected chi connectivity index (χ4v) is 2.84. The van der Waals surface area contributed by atoms with Crippen LogP contribution >= 0.6 is 0 Å². The number of nitrogens with two attached hydrogens (primary N) is 1. The predicted molar refractivity (Wildman–Crippen MR) is 72.0 cm³/mol. The van der Waals surface area contributed by atoms with Gasteiger partial charge in [-0.25, -0.2) is 22.3 Å². The van der Waals surface area contributed by atoms with Gasteiger partial charge in [0, 0.05) is 13.6 Å². The molecule has 1 aliphatic carbocycles. The molecular weight excluding hydrogens is 302 g/mol. The lowest BCUT2D eigenvalue weighted by atomic mass is 10.1. The maximum absolute atomic E-state index is 14.1. The van der Waals surface area contributed by atoms with E-state index in [2.05, 4.69) is 0 Å². The molecule has 2 atom stereocenters. The van der Waals surface area contributed by atoms with E-state index >= 15 is 0 Å². The number of benzene rings is 1. The molecule has 1 aromatic rings. The second kappa shape index (κ2) is 5.34. The zero-order valence-electron chi connectivity index (χ0n) is 11.6. The quantitative estimate of drug-likeness (QED) is 0.909. The Labute approximate surface area is 121 Å². The van der Waals surface area contributed by atoms with Gasteiger partial charge in [0.1, 0.15) is 16.3 Å². The average molecular weight is 318 g/mol. The summed E-state index contributed by atoms with van der Waals surface area (Å²) in [6.07, 6.45) is 0.958. The highest BCUT2D eigenvalue weighted by molar-refractivity contribution is 7.89. The lowest BCUT2D eigenvalue weighted by Crippen LogP contribution is -2.31. The van der Waals surface area contributed by atoms with E-state index in [1.807, 2.05) is 6.92 Å². The first-order valence-corrected chi connectivity index (χ1v) is 7.93. The molecule has 2 unspecified atom stereocenters. The number of halogens is 2. The van der Waals surface area contributed by atoms with E-state index in [4.69, 9.17) is 5.14 Å². The van der Waals surface area contributed by atoms with E-state index in [1.165, 1.54) is 11.9 Å². The molecule has 21 heavy (non-hydrogen) atoms. The van der Waals surface area contributed by atoms with Gasteiger partial charge in [-0.1, -0.05) is 6.92 Å². The summed E-state index contributed by atoms with van der Waals surface area (Å²) < 4.78 is 50.3. The van der Waals surface area contributed by atoms with Crippen molar-refractivity contribution in [3.05, 3.63) is 29.3 Å². The number of rotatable bonds is 4.